The lowest BCUT2D eigenvalue weighted by Gasteiger charge is -2.24. The molecule has 2 rings (SSSR count). The van der Waals surface area contributed by atoms with E-state index in [0.29, 0.717) is 12.5 Å². The normalized spacial score (nSPS) is 18.1. The first-order chi connectivity index (χ1) is 11.1. The average Bonchev–Trinajstić information content (AvgIpc) is 2.99. The standard InChI is InChI=1S/C18H29N3O2/c1-14-9-15(2)11-17(10-14)23-8-6-20-18(19-3)21(4)12-16-5-7-22-13-16/h9-11,16H,5-8,12-13H2,1-4H3,(H,19,20). The van der Waals surface area contributed by atoms with Crippen molar-refractivity contribution in [3.05, 3.63) is 29.3 Å². The molecular formula is C18H29N3O2. The second-order valence-electron chi connectivity index (χ2n) is 6.26. The average molecular weight is 319 g/mol. The van der Waals surface area contributed by atoms with Crippen LogP contribution in [0, 0.1) is 19.8 Å². The molecular weight excluding hydrogens is 290 g/mol. The summed E-state index contributed by atoms with van der Waals surface area (Å²) in [5.41, 5.74) is 2.45. The number of nitrogens with zero attached hydrogens (tertiary/aromatic N) is 2. The first-order valence-corrected chi connectivity index (χ1v) is 8.29. The molecule has 0 saturated carbocycles. The van der Waals surface area contributed by atoms with Gasteiger partial charge in [-0.1, -0.05) is 6.07 Å². The van der Waals surface area contributed by atoms with Crippen molar-refractivity contribution >= 4 is 5.96 Å². The number of guanidine groups is 1. The highest BCUT2D eigenvalue weighted by Gasteiger charge is 2.18. The van der Waals surface area contributed by atoms with E-state index in [2.05, 4.69) is 54.3 Å². The zero-order valence-corrected chi connectivity index (χ0v) is 14.8. The van der Waals surface area contributed by atoms with Gasteiger partial charge in [0.1, 0.15) is 12.4 Å². The van der Waals surface area contributed by atoms with Crippen molar-refractivity contribution < 1.29 is 9.47 Å². The van der Waals surface area contributed by atoms with E-state index in [0.717, 1.165) is 44.4 Å². The van der Waals surface area contributed by atoms with Gasteiger partial charge in [0.15, 0.2) is 5.96 Å². The van der Waals surface area contributed by atoms with E-state index in [1.807, 2.05) is 7.05 Å². The van der Waals surface area contributed by atoms with Crippen molar-refractivity contribution in [2.75, 3.05) is 47.0 Å². The summed E-state index contributed by atoms with van der Waals surface area (Å²) in [6, 6.07) is 6.27. The Morgan fingerprint density at radius 2 is 2.09 bits per heavy atom. The van der Waals surface area contributed by atoms with Crippen LogP contribution in [0.3, 0.4) is 0 Å². The monoisotopic (exact) mass is 319 g/mol. The molecule has 1 unspecified atom stereocenters. The molecule has 1 aliphatic rings. The zero-order chi connectivity index (χ0) is 16.7. The van der Waals surface area contributed by atoms with Gasteiger partial charge in [0, 0.05) is 33.2 Å². The van der Waals surface area contributed by atoms with Crippen LogP contribution in [0.5, 0.6) is 5.75 Å². The first-order valence-electron chi connectivity index (χ1n) is 8.29. The minimum absolute atomic E-state index is 0.602. The van der Waals surface area contributed by atoms with Crippen LogP contribution in [0.15, 0.2) is 23.2 Å². The lowest BCUT2D eigenvalue weighted by atomic mass is 10.1. The van der Waals surface area contributed by atoms with Crippen molar-refractivity contribution in [2.45, 2.75) is 20.3 Å². The lowest BCUT2D eigenvalue weighted by molar-refractivity contribution is 0.181. The van der Waals surface area contributed by atoms with Crippen molar-refractivity contribution in [1.29, 1.82) is 0 Å². The van der Waals surface area contributed by atoms with Gasteiger partial charge >= 0.3 is 0 Å². The summed E-state index contributed by atoms with van der Waals surface area (Å²) in [4.78, 5) is 6.50. The number of nitrogens with one attached hydrogen (secondary N) is 1. The molecule has 128 valence electrons. The molecule has 0 spiro atoms. The van der Waals surface area contributed by atoms with Gasteiger partial charge in [0.25, 0.3) is 0 Å². The summed E-state index contributed by atoms with van der Waals surface area (Å²) in [5.74, 6) is 2.43. The summed E-state index contributed by atoms with van der Waals surface area (Å²) in [6.07, 6.45) is 1.14. The van der Waals surface area contributed by atoms with Gasteiger partial charge in [-0.05, 0) is 43.5 Å². The Labute approximate surface area is 139 Å². The van der Waals surface area contributed by atoms with Crippen LogP contribution < -0.4 is 10.1 Å². The molecule has 1 saturated heterocycles. The van der Waals surface area contributed by atoms with E-state index in [1.165, 1.54) is 11.1 Å². The lowest BCUT2D eigenvalue weighted by Crippen LogP contribution is -2.42. The minimum atomic E-state index is 0.602. The number of benzene rings is 1. The van der Waals surface area contributed by atoms with Gasteiger partial charge < -0.3 is 19.7 Å². The molecule has 0 aliphatic carbocycles. The molecule has 5 heteroatoms. The highest BCUT2D eigenvalue weighted by molar-refractivity contribution is 5.79. The summed E-state index contributed by atoms with van der Waals surface area (Å²) >= 11 is 0. The van der Waals surface area contributed by atoms with Gasteiger partial charge in [-0.3, -0.25) is 4.99 Å². The third-order valence-corrected chi connectivity index (χ3v) is 3.98. The molecule has 0 aromatic heterocycles. The van der Waals surface area contributed by atoms with Crippen LogP contribution in [0.4, 0.5) is 0 Å². The van der Waals surface area contributed by atoms with E-state index in [4.69, 9.17) is 9.47 Å². The van der Waals surface area contributed by atoms with E-state index in [9.17, 15) is 0 Å². The summed E-state index contributed by atoms with van der Waals surface area (Å²) in [5, 5.41) is 3.35. The SMILES string of the molecule is CN=C(NCCOc1cc(C)cc(C)c1)N(C)CC1CCOC1. The van der Waals surface area contributed by atoms with Crippen molar-refractivity contribution in [1.82, 2.24) is 10.2 Å². The van der Waals surface area contributed by atoms with Gasteiger partial charge in [0.2, 0.25) is 0 Å². The molecule has 5 nitrogen and oxygen atoms in total. The van der Waals surface area contributed by atoms with Crippen LogP contribution in [0.2, 0.25) is 0 Å². The van der Waals surface area contributed by atoms with Crippen LogP contribution in [-0.2, 0) is 4.74 Å². The van der Waals surface area contributed by atoms with E-state index < -0.39 is 0 Å². The summed E-state index contributed by atoms with van der Waals surface area (Å²) < 4.78 is 11.3. The second kappa shape index (κ2) is 8.77. The number of hydrogen-bond donors (Lipinski definition) is 1. The molecule has 1 aromatic carbocycles. The quantitative estimate of drug-likeness (QED) is 0.496. The molecule has 1 atom stereocenters. The topological polar surface area (TPSA) is 46.1 Å². The predicted octanol–water partition coefficient (Wildman–Crippen LogP) is 2.23. The maximum Gasteiger partial charge on any atom is 0.193 e. The van der Waals surface area contributed by atoms with Gasteiger partial charge in [0.05, 0.1) is 13.2 Å². The van der Waals surface area contributed by atoms with Gasteiger partial charge in [-0.15, -0.1) is 0 Å². The number of hydrogen-bond acceptors (Lipinski definition) is 3. The maximum absolute atomic E-state index is 5.82. The second-order valence-corrected chi connectivity index (χ2v) is 6.26. The molecule has 1 fully saturated rings. The Hall–Kier alpha value is -1.75. The molecule has 1 aliphatic heterocycles. The van der Waals surface area contributed by atoms with Crippen molar-refractivity contribution in [2.24, 2.45) is 10.9 Å². The molecule has 1 heterocycles. The molecule has 1 N–H and O–H groups in total. The molecule has 0 amide bonds. The van der Waals surface area contributed by atoms with Crippen LogP contribution >= 0.6 is 0 Å². The van der Waals surface area contributed by atoms with Crippen molar-refractivity contribution in [3.63, 3.8) is 0 Å². The fourth-order valence-corrected chi connectivity index (χ4v) is 2.93. The highest BCUT2D eigenvalue weighted by Crippen LogP contribution is 2.16. The Bertz CT molecular complexity index is 505. The third-order valence-electron chi connectivity index (χ3n) is 3.98. The predicted molar refractivity (Wildman–Crippen MR) is 94.3 cm³/mol. The Kier molecular flexibility index (Phi) is 6.71. The third kappa shape index (κ3) is 5.75. The molecule has 23 heavy (non-hydrogen) atoms. The number of aryl methyl sites for hydroxylation is 2. The Morgan fingerprint density at radius 1 is 1.35 bits per heavy atom. The van der Waals surface area contributed by atoms with Gasteiger partial charge in [-0.25, -0.2) is 0 Å². The smallest absolute Gasteiger partial charge is 0.193 e. The van der Waals surface area contributed by atoms with Crippen LogP contribution in [0.1, 0.15) is 17.5 Å². The Balaban J connectivity index is 1.72. The largest absolute Gasteiger partial charge is 0.492 e. The van der Waals surface area contributed by atoms with Crippen molar-refractivity contribution in [3.8, 4) is 5.75 Å². The number of rotatable bonds is 6. The Morgan fingerprint density at radius 3 is 2.70 bits per heavy atom. The summed E-state index contributed by atoms with van der Waals surface area (Å²) in [7, 11) is 3.88. The molecule has 1 aromatic rings. The number of ether oxygens (including phenoxy) is 2. The molecule has 0 radical (unpaired) electrons. The first kappa shape index (κ1) is 17.6. The van der Waals surface area contributed by atoms with Crippen LogP contribution in [-0.4, -0.2) is 57.9 Å². The van der Waals surface area contributed by atoms with E-state index in [1.54, 1.807) is 0 Å². The summed E-state index contributed by atoms with van der Waals surface area (Å²) in [6.45, 7) is 8.22. The fraction of sp³-hybridized carbons (Fsp3) is 0.611. The van der Waals surface area contributed by atoms with Crippen LogP contribution in [0.25, 0.3) is 0 Å². The highest BCUT2D eigenvalue weighted by atomic mass is 16.5. The van der Waals surface area contributed by atoms with E-state index >= 15 is 0 Å². The van der Waals surface area contributed by atoms with E-state index in [-0.39, 0.29) is 0 Å². The van der Waals surface area contributed by atoms with Gasteiger partial charge in [-0.2, -0.15) is 0 Å². The molecule has 0 bridgehead atoms. The maximum atomic E-state index is 5.82. The minimum Gasteiger partial charge on any atom is -0.492 e. The number of aliphatic imine (C=N–C) groups is 1. The zero-order valence-electron chi connectivity index (χ0n) is 14.8. The fourth-order valence-electron chi connectivity index (χ4n) is 2.93.